The first-order valence-corrected chi connectivity index (χ1v) is 8.64. The number of unbranched alkanes of at least 4 members (excludes halogenated alkanes) is 1. The quantitative estimate of drug-likeness (QED) is 0.533. The van der Waals surface area contributed by atoms with E-state index in [0.29, 0.717) is 11.4 Å². The second-order valence-electron chi connectivity index (χ2n) is 6.37. The molecule has 1 aliphatic heterocycles. The third kappa shape index (κ3) is 5.37. The summed E-state index contributed by atoms with van der Waals surface area (Å²) in [4.78, 5) is 4.10. The molecule has 0 aromatic carbocycles. The molecule has 0 amide bonds. The number of nitrogens with one attached hydrogen (secondary N) is 2. The molecule has 0 aliphatic carbocycles. The minimum Gasteiger partial charge on any atom is -0.370 e. The summed E-state index contributed by atoms with van der Waals surface area (Å²) in [6.07, 6.45) is 4.80. The van der Waals surface area contributed by atoms with Gasteiger partial charge in [-0.2, -0.15) is 0 Å². The van der Waals surface area contributed by atoms with Crippen LogP contribution in [-0.4, -0.2) is 32.4 Å². The Morgan fingerprint density at radius 2 is 2.29 bits per heavy atom. The Morgan fingerprint density at radius 1 is 1.48 bits per heavy atom. The molecule has 1 saturated heterocycles. The van der Waals surface area contributed by atoms with Gasteiger partial charge in [-0.1, -0.05) is 12.5 Å². The van der Waals surface area contributed by atoms with Crippen LogP contribution in [0.4, 0.5) is 5.82 Å². The maximum Gasteiger partial charge on any atom is 0.205 e. The average Bonchev–Trinajstić information content (AvgIpc) is 2.78. The third-order valence-corrected chi connectivity index (χ3v) is 4.50. The van der Waals surface area contributed by atoms with Crippen LogP contribution in [0.15, 0.2) is 23.2 Å². The SMILES string of the molecule is CC1(C)CC(CCCCNc2cccc(S(=O)O)n2)CN1. The minimum absolute atomic E-state index is 0.194. The number of pyridine rings is 1. The Balaban J connectivity index is 1.64. The summed E-state index contributed by atoms with van der Waals surface area (Å²) in [6.45, 7) is 6.50. The molecule has 118 valence electrons. The van der Waals surface area contributed by atoms with Crippen LogP contribution in [0.25, 0.3) is 0 Å². The molecule has 0 spiro atoms. The molecule has 0 saturated carbocycles. The monoisotopic (exact) mass is 311 g/mol. The molecule has 5 nitrogen and oxygen atoms in total. The lowest BCUT2D eigenvalue weighted by Gasteiger charge is -2.17. The van der Waals surface area contributed by atoms with E-state index in [1.165, 1.54) is 19.3 Å². The largest absolute Gasteiger partial charge is 0.370 e. The van der Waals surface area contributed by atoms with E-state index in [-0.39, 0.29) is 5.03 Å². The van der Waals surface area contributed by atoms with Gasteiger partial charge in [0, 0.05) is 12.1 Å². The van der Waals surface area contributed by atoms with Gasteiger partial charge >= 0.3 is 0 Å². The summed E-state index contributed by atoms with van der Waals surface area (Å²) < 4.78 is 19.9. The Hall–Kier alpha value is -0.980. The molecule has 1 aromatic heterocycles. The first-order valence-electron chi connectivity index (χ1n) is 7.53. The van der Waals surface area contributed by atoms with Gasteiger partial charge in [0.25, 0.3) is 0 Å². The predicted octanol–water partition coefficient (Wildman–Crippen LogP) is 2.63. The first kappa shape index (κ1) is 16.4. The van der Waals surface area contributed by atoms with Crippen LogP contribution in [-0.2, 0) is 11.1 Å². The lowest BCUT2D eigenvalue weighted by atomic mass is 9.93. The van der Waals surface area contributed by atoms with Gasteiger partial charge in [-0.3, -0.25) is 0 Å². The lowest BCUT2D eigenvalue weighted by Crippen LogP contribution is -2.31. The van der Waals surface area contributed by atoms with Crippen LogP contribution in [0.2, 0.25) is 0 Å². The van der Waals surface area contributed by atoms with E-state index >= 15 is 0 Å². The van der Waals surface area contributed by atoms with Crippen molar-refractivity contribution in [2.75, 3.05) is 18.4 Å². The summed E-state index contributed by atoms with van der Waals surface area (Å²) in [7, 11) is 0. The predicted molar refractivity (Wildman–Crippen MR) is 85.8 cm³/mol. The molecule has 0 bridgehead atoms. The van der Waals surface area contributed by atoms with Gasteiger partial charge < -0.3 is 15.2 Å². The standard InChI is InChI=1S/C15H25N3O2S/c1-15(2)10-12(11-17-15)6-3-4-9-16-13-7-5-8-14(18-13)21(19)20/h5,7-8,12,17H,3-4,6,9-11H2,1-2H3,(H,16,18)(H,19,20). The Morgan fingerprint density at radius 3 is 2.95 bits per heavy atom. The highest BCUT2D eigenvalue weighted by atomic mass is 32.2. The van der Waals surface area contributed by atoms with E-state index < -0.39 is 11.1 Å². The Kier molecular flexibility index (Phi) is 5.72. The fourth-order valence-electron chi connectivity index (χ4n) is 2.88. The van der Waals surface area contributed by atoms with Crippen LogP contribution < -0.4 is 10.6 Å². The van der Waals surface area contributed by atoms with E-state index in [1.54, 1.807) is 12.1 Å². The van der Waals surface area contributed by atoms with E-state index in [0.717, 1.165) is 25.4 Å². The summed E-state index contributed by atoms with van der Waals surface area (Å²) >= 11 is -2.02. The molecule has 6 heteroatoms. The molecule has 21 heavy (non-hydrogen) atoms. The molecule has 2 heterocycles. The van der Waals surface area contributed by atoms with Gasteiger partial charge in [0.1, 0.15) is 5.82 Å². The number of nitrogens with zero attached hydrogens (tertiary/aromatic N) is 1. The number of rotatable bonds is 7. The highest BCUT2D eigenvalue weighted by Crippen LogP contribution is 2.26. The van der Waals surface area contributed by atoms with Crippen molar-refractivity contribution < 1.29 is 8.76 Å². The van der Waals surface area contributed by atoms with Crippen LogP contribution in [0.1, 0.15) is 39.5 Å². The molecule has 1 fully saturated rings. The Labute approximate surface area is 129 Å². The average molecular weight is 311 g/mol. The topological polar surface area (TPSA) is 74.2 Å². The van der Waals surface area contributed by atoms with E-state index in [4.69, 9.17) is 4.55 Å². The van der Waals surface area contributed by atoms with Crippen LogP contribution in [0.3, 0.4) is 0 Å². The molecular formula is C15H25N3O2S. The van der Waals surface area contributed by atoms with Gasteiger partial charge in [0.2, 0.25) is 11.1 Å². The Bertz CT molecular complexity index is 494. The van der Waals surface area contributed by atoms with Crippen molar-refractivity contribution >= 4 is 16.9 Å². The van der Waals surface area contributed by atoms with Gasteiger partial charge in [0.05, 0.1) is 0 Å². The zero-order valence-corrected chi connectivity index (χ0v) is 13.6. The zero-order chi connectivity index (χ0) is 15.3. The van der Waals surface area contributed by atoms with E-state index in [1.807, 2.05) is 6.07 Å². The minimum atomic E-state index is -2.02. The smallest absolute Gasteiger partial charge is 0.205 e. The second kappa shape index (κ2) is 7.33. The number of hydrogen-bond donors (Lipinski definition) is 3. The molecule has 1 aromatic rings. The van der Waals surface area contributed by atoms with Crippen LogP contribution >= 0.6 is 0 Å². The molecule has 2 rings (SSSR count). The fraction of sp³-hybridized carbons (Fsp3) is 0.667. The third-order valence-electron chi connectivity index (χ3n) is 3.92. The summed E-state index contributed by atoms with van der Waals surface area (Å²) in [6, 6.07) is 5.11. The molecular weight excluding hydrogens is 286 g/mol. The molecule has 2 unspecified atom stereocenters. The van der Waals surface area contributed by atoms with Crippen molar-refractivity contribution in [3.63, 3.8) is 0 Å². The van der Waals surface area contributed by atoms with E-state index in [2.05, 4.69) is 29.5 Å². The van der Waals surface area contributed by atoms with Gasteiger partial charge in [-0.25, -0.2) is 9.19 Å². The summed E-state index contributed by atoms with van der Waals surface area (Å²) in [5.74, 6) is 1.46. The van der Waals surface area contributed by atoms with Crippen molar-refractivity contribution in [1.29, 1.82) is 0 Å². The van der Waals surface area contributed by atoms with Gasteiger partial charge in [0.15, 0.2) is 5.03 Å². The second-order valence-corrected chi connectivity index (χ2v) is 7.28. The molecule has 3 N–H and O–H groups in total. The number of aromatic nitrogens is 1. The molecule has 2 atom stereocenters. The molecule has 0 radical (unpaired) electrons. The molecule has 1 aliphatic rings. The van der Waals surface area contributed by atoms with Crippen molar-refractivity contribution in [3.8, 4) is 0 Å². The van der Waals surface area contributed by atoms with Crippen molar-refractivity contribution in [1.82, 2.24) is 10.3 Å². The normalized spacial score (nSPS) is 22.1. The fourth-order valence-corrected chi connectivity index (χ4v) is 3.25. The van der Waals surface area contributed by atoms with Gasteiger partial charge in [-0.05, 0) is 57.7 Å². The number of hydrogen-bond acceptors (Lipinski definition) is 4. The van der Waals surface area contributed by atoms with E-state index in [9.17, 15) is 4.21 Å². The van der Waals surface area contributed by atoms with Crippen molar-refractivity contribution in [2.45, 2.75) is 50.1 Å². The summed E-state index contributed by atoms with van der Waals surface area (Å²) in [5, 5.41) is 6.95. The highest BCUT2D eigenvalue weighted by Gasteiger charge is 2.29. The zero-order valence-electron chi connectivity index (χ0n) is 12.8. The maximum atomic E-state index is 10.9. The van der Waals surface area contributed by atoms with Crippen LogP contribution in [0, 0.1) is 5.92 Å². The van der Waals surface area contributed by atoms with Crippen LogP contribution in [0.5, 0.6) is 0 Å². The number of anilines is 1. The van der Waals surface area contributed by atoms with Gasteiger partial charge in [-0.15, -0.1) is 0 Å². The summed E-state index contributed by atoms with van der Waals surface area (Å²) in [5.41, 5.74) is 0.299. The lowest BCUT2D eigenvalue weighted by molar-refractivity contribution is 0.426. The highest BCUT2D eigenvalue weighted by molar-refractivity contribution is 7.79. The van der Waals surface area contributed by atoms with Crippen molar-refractivity contribution in [2.24, 2.45) is 5.92 Å². The first-order chi connectivity index (χ1) is 9.96. The maximum absolute atomic E-state index is 10.9. The van der Waals surface area contributed by atoms with Crippen molar-refractivity contribution in [3.05, 3.63) is 18.2 Å².